The van der Waals surface area contributed by atoms with E-state index < -0.39 is 0 Å². The van der Waals surface area contributed by atoms with Gasteiger partial charge in [0.25, 0.3) is 0 Å². The third-order valence-electron chi connectivity index (χ3n) is 6.85. The number of hydrogen-bond donors (Lipinski definition) is 0. The predicted octanol–water partition coefficient (Wildman–Crippen LogP) is 5.59. The Morgan fingerprint density at radius 1 is 0.652 bits per heavy atom. The summed E-state index contributed by atoms with van der Waals surface area (Å²) < 4.78 is 0. The fourth-order valence-corrected chi connectivity index (χ4v) is 5.69. The van der Waals surface area contributed by atoms with Crippen molar-refractivity contribution in [3.8, 4) is 11.1 Å². The van der Waals surface area contributed by atoms with Crippen LogP contribution in [0, 0.1) is 13.8 Å². The summed E-state index contributed by atoms with van der Waals surface area (Å²) in [6.07, 6.45) is 7.85. The van der Waals surface area contributed by atoms with Crippen molar-refractivity contribution in [3.63, 3.8) is 0 Å². The van der Waals surface area contributed by atoms with Crippen LogP contribution in [-0.2, 0) is 31.1 Å². The zero-order valence-corrected chi connectivity index (χ0v) is 14.9. The molecule has 0 fully saturated rings. The van der Waals surface area contributed by atoms with Crippen LogP contribution in [0.2, 0.25) is 0 Å². The van der Waals surface area contributed by atoms with Crippen LogP contribution in [0.25, 0.3) is 11.1 Å². The van der Waals surface area contributed by atoms with Gasteiger partial charge in [0.05, 0.1) is 0 Å². The molecule has 2 aromatic carbocycles. The van der Waals surface area contributed by atoms with Gasteiger partial charge >= 0.3 is 0 Å². The van der Waals surface area contributed by atoms with Crippen LogP contribution in [0.4, 0.5) is 0 Å². The van der Waals surface area contributed by atoms with Crippen LogP contribution in [-0.4, -0.2) is 0 Å². The lowest BCUT2D eigenvalue weighted by atomic mass is 9.80. The Hall–Kier alpha value is -1.56. The molecular weight excluding hydrogens is 276 g/mol. The Balaban J connectivity index is 1.95. The molecule has 0 bridgehead atoms. The van der Waals surface area contributed by atoms with Gasteiger partial charge in [0.1, 0.15) is 0 Å². The van der Waals surface area contributed by atoms with E-state index in [-0.39, 0.29) is 5.41 Å². The van der Waals surface area contributed by atoms with Gasteiger partial charge < -0.3 is 0 Å². The van der Waals surface area contributed by atoms with Gasteiger partial charge in [0.15, 0.2) is 0 Å². The van der Waals surface area contributed by atoms with Gasteiger partial charge in [-0.2, -0.15) is 0 Å². The number of benzene rings is 2. The fourth-order valence-electron chi connectivity index (χ4n) is 5.69. The van der Waals surface area contributed by atoms with E-state index in [0.717, 1.165) is 0 Å². The first-order chi connectivity index (χ1) is 11.0. The van der Waals surface area contributed by atoms with Crippen molar-refractivity contribution in [2.75, 3.05) is 0 Å². The Bertz CT molecular complexity index is 793. The average molecular weight is 302 g/mol. The Morgan fingerprint density at radius 2 is 1.04 bits per heavy atom. The summed E-state index contributed by atoms with van der Waals surface area (Å²) in [5.74, 6) is 0. The predicted molar refractivity (Wildman–Crippen MR) is 97.5 cm³/mol. The maximum absolute atomic E-state index is 2.52. The molecule has 5 rings (SSSR count). The highest BCUT2D eigenvalue weighted by Crippen LogP contribution is 2.55. The molecule has 118 valence electrons. The van der Waals surface area contributed by atoms with Gasteiger partial charge in [-0.05, 0) is 108 Å². The standard InChI is InChI=1S/C23H26/c1-13-11-19-21(17-9-5-7-15(13)17)22-18-10-6-8-16(18)14(2)12-20(22)23(19,3)4/h11-12H,5-10H2,1-4H3. The minimum Gasteiger partial charge on any atom is -0.0543 e. The second-order valence-corrected chi connectivity index (χ2v) is 8.48. The number of hydrogen-bond acceptors (Lipinski definition) is 0. The number of fused-ring (bicyclic) bond motifs is 7. The fraction of sp³-hybridized carbons (Fsp3) is 0.478. The van der Waals surface area contributed by atoms with Gasteiger partial charge in [-0.1, -0.05) is 26.0 Å². The molecule has 3 aliphatic carbocycles. The van der Waals surface area contributed by atoms with Gasteiger partial charge in [0, 0.05) is 5.41 Å². The van der Waals surface area contributed by atoms with Crippen molar-refractivity contribution in [3.05, 3.63) is 56.6 Å². The molecule has 2 aromatic rings. The molecule has 0 saturated heterocycles. The molecule has 0 heteroatoms. The molecule has 0 aliphatic heterocycles. The minimum atomic E-state index is 0.162. The van der Waals surface area contributed by atoms with Crippen molar-refractivity contribution in [1.82, 2.24) is 0 Å². The zero-order valence-electron chi connectivity index (χ0n) is 14.9. The normalized spacial score (nSPS) is 19.5. The highest BCUT2D eigenvalue weighted by atomic mass is 14.4. The van der Waals surface area contributed by atoms with E-state index in [0.29, 0.717) is 0 Å². The van der Waals surface area contributed by atoms with Gasteiger partial charge in [0.2, 0.25) is 0 Å². The minimum absolute atomic E-state index is 0.162. The van der Waals surface area contributed by atoms with Crippen LogP contribution in [0.1, 0.15) is 71.2 Å². The maximum Gasteiger partial charge on any atom is 0.0159 e. The lowest BCUT2D eigenvalue weighted by Gasteiger charge is -2.23. The van der Waals surface area contributed by atoms with Crippen molar-refractivity contribution in [2.24, 2.45) is 0 Å². The first-order valence-corrected chi connectivity index (χ1v) is 9.32. The zero-order chi connectivity index (χ0) is 15.9. The van der Waals surface area contributed by atoms with E-state index in [1.165, 1.54) is 49.7 Å². The molecule has 0 amide bonds. The van der Waals surface area contributed by atoms with Crippen molar-refractivity contribution < 1.29 is 0 Å². The molecule has 0 heterocycles. The highest BCUT2D eigenvalue weighted by Gasteiger charge is 2.41. The molecule has 0 radical (unpaired) electrons. The molecule has 0 nitrogen and oxygen atoms in total. The monoisotopic (exact) mass is 302 g/mol. The third-order valence-corrected chi connectivity index (χ3v) is 6.85. The second kappa shape index (κ2) is 4.29. The van der Waals surface area contributed by atoms with E-state index in [4.69, 9.17) is 0 Å². The van der Waals surface area contributed by atoms with Crippen molar-refractivity contribution in [1.29, 1.82) is 0 Å². The number of rotatable bonds is 0. The largest absolute Gasteiger partial charge is 0.0543 e. The lowest BCUT2D eigenvalue weighted by molar-refractivity contribution is 0.658. The molecule has 23 heavy (non-hydrogen) atoms. The summed E-state index contributed by atoms with van der Waals surface area (Å²) in [6.45, 7) is 9.55. The van der Waals surface area contributed by atoms with E-state index in [9.17, 15) is 0 Å². The average Bonchev–Trinajstić information content (AvgIpc) is 3.19. The summed E-state index contributed by atoms with van der Waals surface area (Å²) in [7, 11) is 0. The van der Waals surface area contributed by atoms with Crippen LogP contribution in [0.3, 0.4) is 0 Å². The smallest absolute Gasteiger partial charge is 0.0159 e. The Kier molecular flexibility index (Phi) is 2.58. The van der Waals surface area contributed by atoms with E-state index in [1.54, 1.807) is 44.5 Å². The maximum atomic E-state index is 2.52. The van der Waals surface area contributed by atoms with Gasteiger partial charge in [-0.25, -0.2) is 0 Å². The first kappa shape index (κ1) is 13.8. The lowest BCUT2D eigenvalue weighted by Crippen LogP contribution is -2.16. The molecule has 0 saturated carbocycles. The molecule has 0 aromatic heterocycles. The van der Waals surface area contributed by atoms with E-state index >= 15 is 0 Å². The SMILES string of the molecule is Cc1cc2c(c3c1CCC3)-c1c(cc(C)c3c1CCC3)C2(C)C. The van der Waals surface area contributed by atoms with Gasteiger partial charge in [-0.15, -0.1) is 0 Å². The van der Waals surface area contributed by atoms with E-state index in [1.807, 2.05) is 0 Å². The molecule has 0 N–H and O–H groups in total. The summed E-state index contributed by atoms with van der Waals surface area (Å²) in [5, 5.41) is 0. The second-order valence-electron chi connectivity index (χ2n) is 8.48. The van der Waals surface area contributed by atoms with Crippen molar-refractivity contribution >= 4 is 0 Å². The highest BCUT2D eigenvalue weighted by molar-refractivity contribution is 5.88. The van der Waals surface area contributed by atoms with Gasteiger partial charge in [-0.3, -0.25) is 0 Å². The summed E-state index contributed by atoms with van der Waals surface area (Å²) in [6, 6.07) is 5.05. The van der Waals surface area contributed by atoms with Crippen molar-refractivity contribution in [2.45, 2.75) is 71.6 Å². The van der Waals surface area contributed by atoms with Crippen LogP contribution in [0.15, 0.2) is 12.1 Å². The summed E-state index contributed by atoms with van der Waals surface area (Å²) in [5.41, 5.74) is 16.5. The van der Waals surface area contributed by atoms with E-state index in [2.05, 4.69) is 39.8 Å². The summed E-state index contributed by atoms with van der Waals surface area (Å²) >= 11 is 0. The molecule has 3 aliphatic rings. The Labute approximate surface area is 139 Å². The molecule has 0 unspecified atom stereocenters. The topological polar surface area (TPSA) is 0 Å². The third kappa shape index (κ3) is 1.57. The summed E-state index contributed by atoms with van der Waals surface area (Å²) in [4.78, 5) is 0. The number of aryl methyl sites for hydroxylation is 2. The Morgan fingerprint density at radius 3 is 1.48 bits per heavy atom. The quantitative estimate of drug-likeness (QED) is 0.595. The van der Waals surface area contributed by atoms with Crippen LogP contribution >= 0.6 is 0 Å². The molecule has 0 spiro atoms. The first-order valence-electron chi connectivity index (χ1n) is 9.32. The van der Waals surface area contributed by atoms with Crippen LogP contribution < -0.4 is 0 Å². The molecule has 0 atom stereocenters. The van der Waals surface area contributed by atoms with Crippen LogP contribution in [0.5, 0.6) is 0 Å². The molecular formula is C23H26.